The van der Waals surface area contributed by atoms with Gasteiger partial charge < -0.3 is 9.47 Å². The van der Waals surface area contributed by atoms with Crippen molar-refractivity contribution in [3.05, 3.63) is 70.6 Å². The molecule has 0 aliphatic carbocycles. The van der Waals surface area contributed by atoms with E-state index in [1.807, 2.05) is 30.6 Å². The van der Waals surface area contributed by atoms with Crippen LogP contribution in [0.5, 0.6) is 0 Å². The summed E-state index contributed by atoms with van der Waals surface area (Å²) in [4.78, 5) is 6.44. The van der Waals surface area contributed by atoms with Crippen LogP contribution in [0.25, 0.3) is 17.0 Å². The van der Waals surface area contributed by atoms with Gasteiger partial charge in [-0.2, -0.15) is 0 Å². The maximum Gasteiger partial charge on any atom is 0.0489 e. The molecule has 0 saturated heterocycles. The lowest BCUT2D eigenvalue weighted by molar-refractivity contribution is 0.310. The molecule has 0 fully saturated rings. The number of nitrogens with zero attached hydrogens (tertiary/aromatic N) is 3. The molecule has 0 saturated carbocycles. The van der Waals surface area contributed by atoms with Gasteiger partial charge in [0.1, 0.15) is 0 Å². The minimum absolute atomic E-state index is 0.808. The van der Waals surface area contributed by atoms with Crippen molar-refractivity contribution in [2.24, 2.45) is 0 Å². The number of hydrogen-bond acceptors (Lipinski definition) is 2. The third-order valence-corrected chi connectivity index (χ3v) is 4.95. The van der Waals surface area contributed by atoms with E-state index in [2.05, 4.69) is 45.8 Å². The number of rotatable bonds is 3. The fourth-order valence-electron chi connectivity index (χ4n) is 3.53. The van der Waals surface area contributed by atoms with Crippen molar-refractivity contribution in [1.29, 1.82) is 0 Å². The van der Waals surface area contributed by atoms with E-state index < -0.39 is 0 Å². The fourth-order valence-corrected chi connectivity index (χ4v) is 3.71. The van der Waals surface area contributed by atoms with E-state index in [1.54, 1.807) is 0 Å². The third-order valence-electron chi connectivity index (χ3n) is 4.71. The Morgan fingerprint density at radius 2 is 2.04 bits per heavy atom. The quantitative estimate of drug-likeness (QED) is 0.706. The van der Waals surface area contributed by atoms with E-state index in [9.17, 15) is 0 Å². The molecule has 1 aliphatic rings. The smallest absolute Gasteiger partial charge is 0.0489 e. The van der Waals surface area contributed by atoms with Crippen LogP contribution < -0.4 is 0 Å². The summed E-state index contributed by atoms with van der Waals surface area (Å²) in [5.41, 5.74) is 5.33. The number of fused-ring (bicyclic) bond motifs is 3. The number of pyridine rings is 1. The van der Waals surface area contributed by atoms with Crippen molar-refractivity contribution < 1.29 is 0 Å². The molecule has 1 aliphatic heterocycles. The molecular weight excluding hydrogens is 318 g/mol. The largest absolute Gasteiger partial charge is 0.340 e. The first-order chi connectivity index (χ1) is 11.7. The van der Waals surface area contributed by atoms with Crippen molar-refractivity contribution >= 4 is 28.6 Å². The van der Waals surface area contributed by atoms with Crippen LogP contribution in [0.3, 0.4) is 0 Å². The van der Waals surface area contributed by atoms with E-state index in [0.717, 1.165) is 31.1 Å². The van der Waals surface area contributed by atoms with Gasteiger partial charge in [-0.1, -0.05) is 23.8 Å². The number of likely N-dealkylation sites (N-methyl/N-ethyl adjacent to an activating group) is 1. The molecule has 122 valence electrons. The molecule has 4 heteroatoms. The predicted octanol–water partition coefficient (Wildman–Crippen LogP) is 4.39. The van der Waals surface area contributed by atoms with Gasteiger partial charge in [0, 0.05) is 60.1 Å². The molecule has 0 amide bonds. The van der Waals surface area contributed by atoms with Gasteiger partial charge >= 0.3 is 0 Å². The third kappa shape index (κ3) is 2.85. The number of allylic oxidation sites excluding steroid dienone is 1. The molecule has 24 heavy (non-hydrogen) atoms. The summed E-state index contributed by atoms with van der Waals surface area (Å²) in [6, 6.07) is 10.3. The normalized spacial score (nSPS) is 15.2. The molecule has 0 unspecified atom stereocenters. The summed E-state index contributed by atoms with van der Waals surface area (Å²) in [5.74, 6) is 0. The summed E-state index contributed by atoms with van der Waals surface area (Å²) >= 11 is 6.25. The molecule has 2 aromatic heterocycles. The number of benzene rings is 1. The Bertz CT molecular complexity index is 896. The maximum atomic E-state index is 6.25. The standard InChI is InChI=1S/C20H20ClN3/c1-23-12-8-20-18(14-23)17-13-16(21)4-5-19(17)24(20)11-2-3-15-6-9-22-10-7-15/h2-7,9-10,13H,8,11-12,14H2,1H3. The number of aromatic nitrogens is 2. The van der Waals surface area contributed by atoms with Gasteiger partial charge in [-0.05, 0) is 48.5 Å². The Hall–Kier alpha value is -2.10. The molecule has 0 spiro atoms. The van der Waals surface area contributed by atoms with E-state index in [4.69, 9.17) is 11.6 Å². The zero-order chi connectivity index (χ0) is 16.5. The van der Waals surface area contributed by atoms with Crippen molar-refractivity contribution in [3.63, 3.8) is 0 Å². The lowest BCUT2D eigenvalue weighted by Gasteiger charge is -2.24. The second kappa shape index (κ2) is 6.42. The van der Waals surface area contributed by atoms with Crippen molar-refractivity contribution in [2.75, 3.05) is 13.6 Å². The van der Waals surface area contributed by atoms with Crippen LogP contribution in [0.4, 0.5) is 0 Å². The second-order valence-electron chi connectivity index (χ2n) is 6.37. The second-order valence-corrected chi connectivity index (χ2v) is 6.80. The average molecular weight is 338 g/mol. The van der Waals surface area contributed by atoms with Crippen LogP contribution >= 0.6 is 11.6 Å². The zero-order valence-corrected chi connectivity index (χ0v) is 14.5. The molecule has 0 atom stereocenters. The van der Waals surface area contributed by atoms with Crippen molar-refractivity contribution in [3.8, 4) is 0 Å². The Balaban J connectivity index is 1.73. The highest BCUT2D eigenvalue weighted by Crippen LogP contribution is 2.32. The molecule has 0 radical (unpaired) electrons. The van der Waals surface area contributed by atoms with Crippen LogP contribution in [-0.2, 0) is 19.5 Å². The van der Waals surface area contributed by atoms with Gasteiger partial charge in [0.15, 0.2) is 0 Å². The summed E-state index contributed by atoms with van der Waals surface area (Å²) in [5, 5.41) is 2.10. The monoisotopic (exact) mass is 337 g/mol. The topological polar surface area (TPSA) is 21.1 Å². The SMILES string of the molecule is CN1CCc2c(c3cc(Cl)ccc3n2CC=Cc2ccncc2)C1. The average Bonchev–Trinajstić information content (AvgIpc) is 2.89. The van der Waals surface area contributed by atoms with E-state index in [0.29, 0.717) is 0 Å². The Kier molecular flexibility index (Phi) is 4.13. The first-order valence-electron chi connectivity index (χ1n) is 8.27. The lowest BCUT2D eigenvalue weighted by atomic mass is 10.1. The summed E-state index contributed by atoms with van der Waals surface area (Å²) in [6.07, 6.45) is 9.11. The summed E-state index contributed by atoms with van der Waals surface area (Å²) in [7, 11) is 2.18. The highest BCUT2D eigenvalue weighted by Gasteiger charge is 2.21. The molecule has 3 heterocycles. The van der Waals surface area contributed by atoms with Gasteiger partial charge in [-0.25, -0.2) is 0 Å². The molecule has 0 N–H and O–H groups in total. The minimum atomic E-state index is 0.808. The highest BCUT2D eigenvalue weighted by molar-refractivity contribution is 6.31. The van der Waals surface area contributed by atoms with Crippen molar-refractivity contribution in [1.82, 2.24) is 14.5 Å². The Morgan fingerprint density at radius 1 is 1.21 bits per heavy atom. The zero-order valence-electron chi connectivity index (χ0n) is 13.7. The van der Waals surface area contributed by atoms with Gasteiger partial charge in [0.05, 0.1) is 0 Å². The first kappa shape index (κ1) is 15.4. The Morgan fingerprint density at radius 3 is 2.88 bits per heavy atom. The van der Waals surface area contributed by atoms with E-state index >= 15 is 0 Å². The number of halogens is 1. The summed E-state index contributed by atoms with van der Waals surface area (Å²) in [6.45, 7) is 2.97. The van der Waals surface area contributed by atoms with Crippen LogP contribution in [0, 0.1) is 0 Å². The molecule has 4 rings (SSSR count). The minimum Gasteiger partial charge on any atom is -0.340 e. The fraction of sp³-hybridized carbons (Fsp3) is 0.250. The number of hydrogen-bond donors (Lipinski definition) is 0. The van der Waals surface area contributed by atoms with Crippen LogP contribution in [0.1, 0.15) is 16.8 Å². The van der Waals surface area contributed by atoms with Crippen molar-refractivity contribution in [2.45, 2.75) is 19.5 Å². The molecule has 0 bridgehead atoms. The first-order valence-corrected chi connectivity index (χ1v) is 8.65. The maximum absolute atomic E-state index is 6.25. The highest BCUT2D eigenvalue weighted by atomic mass is 35.5. The predicted molar refractivity (Wildman–Crippen MR) is 100 cm³/mol. The molecular formula is C20H20ClN3. The lowest BCUT2D eigenvalue weighted by Crippen LogP contribution is -2.27. The van der Waals surface area contributed by atoms with E-state index in [1.165, 1.54) is 27.7 Å². The molecule has 3 aromatic rings. The van der Waals surface area contributed by atoms with Crippen LogP contribution in [-0.4, -0.2) is 28.0 Å². The van der Waals surface area contributed by atoms with Gasteiger partial charge in [-0.3, -0.25) is 4.98 Å². The van der Waals surface area contributed by atoms with Gasteiger partial charge in [-0.15, -0.1) is 0 Å². The molecule has 3 nitrogen and oxygen atoms in total. The Labute approximate surface area is 147 Å². The van der Waals surface area contributed by atoms with Gasteiger partial charge in [0.25, 0.3) is 0 Å². The van der Waals surface area contributed by atoms with E-state index in [-0.39, 0.29) is 0 Å². The summed E-state index contributed by atoms with van der Waals surface area (Å²) < 4.78 is 2.44. The molecule has 1 aromatic carbocycles. The van der Waals surface area contributed by atoms with Gasteiger partial charge in [0.2, 0.25) is 0 Å². The van der Waals surface area contributed by atoms with Crippen LogP contribution in [0.15, 0.2) is 48.8 Å². The van der Waals surface area contributed by atoms with Crippen LogP contribution in [0.2, 0.25) is 5.02 Å².